The molecule has 6 N–H and O–H groups in total. The van der Waals surface area contributed by atoms with Crippen LogP contribution in [0.25, 0.3) is 0 Å². The van der Waals surface area contributed by atoms with Gasteiger partial charge in [-0.15, -0.1) is 0 Å². The van der Waals surface area contributed by atoms with E-state index in [1.165, 1.54) is 12.1 Å². The molecule has 0 spiro atoms. The Morgan fingerprint density at radius 1 is 1.00 bits per heavy atom. The lowest BCUT2D eigenvalue weighted by molar-refractivity contribution is -0.300. The van der Waals surface area contributed by atoms with E-state index in [1.54, 1.807) is 6.07 Å². The molecule has 0 aromatic heterocycles. The summed E-state index contributed by atoms with van der Waals surface area (Å²) in [6, 6.07) is 4.33. The van der Waals surface area contributed by atoms with Gasteiger partial charge in [0.2, 0.25) is 0 Å². The third-order valence-corrected chi connectivity index (χ3v) is 3.56. The van der Waals surface area contributed by atoms with Gasteiger partial charge >= 0.3 is 0 Å². The van der Waals surface area contributed by atoms with Crippen molar-refractivity contribution in [3.8, 4) is 11.5 Å². The molecule has 1 saturated heterocycles. The lowest BCUT2D eigenvalue weighted by atomic mass is 9.99. The van der Waals surface area contributed by atoms with E-state index in [2.05, 4.69) is 0 Å². The van der Waals surface area contributed by atoms with Gasteiger partial charge in [-0.25, -0.2) is 0 Å². The Kier molecular flexibility index (Phi) is 5.57. The molecule has 22 heavy (non-hydrogen) atoms. The van der Waals surface area contributed by atoms with E-state index in [-0.39, 0.29) is 18.1 Å². The lowest BCUT2D eigenvalue weighted by Gasteiger charge is -2.39. The van der Waals surface area contributed by atoms with Crippen molar-refractivity contribution in [2.75, 3.05) is 13.2 Å². The molecule has 124 valence electrons. The fourth-order valence-corrected chi connectivity index (χ4v) is 2.22. The summed E-state index contributed by atoms with van der Waals surface area (Å²) in [5.41, 5.74) is 0.694. The third kappa shape index (κ3) is 3.67. The first kappa shape index (κ1) is 16.9. The summed E-state index contributed by atoms with van der Waals surface area (Å²) in [4.78, 5) is 0. The summed E-state index contributed by atoms with van der Waals surface area (Å²) in [5.74, 6) is -0.469. The number of hydrogen-bond acceptors (Lipinski definition) is 8. The van der Waals surface area contributed by atoms with Crippen LogP contribution in [-0.4, -0.2) is 74.6 Å². The first-order chi connectivity index (χ1) is 10.4. The summed E-state index contributed by atoms with van der Waals surface area (Å²) in [6.07, 6.45) is -6.17. The molecule has 2 rings (SSSR count). The molecule has 5 atom stereocenters. The Hall–Kier alpha value is -1.42. The molecule has 1 aromatic rings. The van der Waals surface area contributed by atoms with Crippen molar-refractivity contribution in [1.29, 1.82) is 0 Å². The van der Waals surface area contributed by atoms with Gasteiger partial charge in [-0.1, -0.05) is 6.07 Å². The molecular weight excluding hydrogens is 296 g/mol. The average molecular weight is 316 g/mol. The van der Waals surface area contributed by atoms with Crippen LogP contribution in [0, 0.1) is 0 Å². The molecule has 1 aliphatic rings. The van der Waals surface area contributed by atoms with Crippen LogP contribution in [0.4, 0.5) is 0 Å². The van der Waals surface area contributed by atoms with E-state index in [0.29, 0.717) is 12.0 Å². The fraction of sp³-hybridized carbons (Fsp3) is 0.571. The van der Waals surface area contributed by atoms with Gasteiger partial charge in [0.25, 0.3) is 0 Å². The predicted molar refractivity (Wildman–Crippen MR) is 73.2 cm³/mol. The topological polar surface area (TPSA) is 140 Å². The van der Waals surface area contributed by atoms with Crippen LogP contribution in [0.1, 0.15) is 5.56 Å². The number of phenols is 2. The predicted octanol–water partition coefficient (Wildman–Crippen LogP) is -1.54. The van der Waals surface area contributed by atoms with E-state index in [0.717, 1.165) is 0 Å². The average Bonchev–Trinajstić information content (AvgIpc) is 2.51. The number of aliphatic hydroxyl groups is 4. The van der Waals surface area contributed by atoms with Gasteiger partial charge in [0.15, 0.2) is 17.8 Å². The van der Waals surface area contributed by atoms with Crippen molar-refractivity contribution < 1.29 is 40.1 Å². The molecule has 0 bridgehead atoms. The molecule has 1 aromatic carbocycles. The summed E-state index contributed by atoms with van der Waals surface area (Å²) in [5, 5.41) is 56.7. The third-order valence-electron chi connectivity index (χ3n) is 3.56. The van der Waals surface area contributed by atoms with Crippen LogP contribution in [-0.2, 0) is 15.9 Å². The molecule has 1 heterocycles. The summed E-state index contributed by atoms with van der Waals surface area (Å²) >= 11 is 0. The van der Waals surface area contributed by atoms with E-state index in [9.17, 15) is 25.5 Å². The van der Waals surface area contributed by atoms with Crippen LogP contribution in [0.2, 0.25) is 0 Å². The van der Waals surface area contributed by atoms with Gasteiger partial charge in [-0.05, 0) is 24.1 Å². The maximum absolute atomic E-state index is 9.78. The fourth-order valence-electron chi connectivity index (χ4n) is 2.22. The highest BCUT2D eigenvalue weighted by Crippen LogP contribution is 2.25. The van der Waals surface area contributed by atoms with Gasteiger partial charge in [0.05, 0.1) is 13.2 Å². The second-order valence-corrected chi connectivity index (χ2v) is 5.14. The summed E-state index contributed by atoms with van der Waals surface area (Å²) in [6.45, 7) is -0.413. The number of ether oxygens (including phenoxy) is 2. The maximum atomic E-state index is 9.78. The minimum Gasteiger partial charge on any atom is -0.504 e. The van der Waals surface area contributed by atoms with Gasteiger partial charge in [0.1, 0.15) is 24.4 Å². The Balaban J connectivity index is 1.88. The normalized spacial score (nSPS) is 32.1. The SMILES string of the molecule is OC[C@@H]1O[C@@H](OCCc2ccc(O)c(O)c2)[C@@H](O)[C@@H](O)[C@@H]1O. The summed E-state index contributed by atoms with van der Waals surface area (Å²) < 4.78 is 10.5. The Bertz CT molecular complexity index is 492. The van der Waals surface area contributed by atoms with Gasteiger partial charge < -0.3 is 40.1 Å². The zero-order valence-electron chi connectivity index (χ0n) is 11.7. The first-order valence-corrected chi connectivity index (χ1v) is 6.87. The minimum atomic E-state index is -1.48. The molecule has 0 saturated carbocycles. The first-order valence-electron chi connectivity index (χ1n) is 6.87. The number of phenolic OH excluding ortho intramolecular Hbond substituents is 2. The number of hydrogen-bond donors (Lipinski definition) is 6. The van der Waals surface area contributed by atoms with Crippen molar-refractivity contribution >= 4 is 0 Å². The smallest absolute Gasteiger partial charge is 0.186 e. The number of benzene rings is 1. The van der Waals surface area contributed by atoms with Crippen LogP contribution < -0.4 is 0 Å². The second-order valence-electron chi connectivity index (χ2n) is 5.14. The summed E-state index contributed by atoms with van der Waals surface area (Å²) in [7, 11) is 0. The molecule has 0 radical (unpaired) electrons. The van der Waals surface area contributed by atoms with Crippen molar-refractivity contribution in [3.05, 3.63) is 23.8 Å². The standard InChI is InChI=1S/C14H20O8/c15-6-10-11(18)12(19)13(20)14(22-10)21-4-3-7-1-2-8(16)9(17)5-7/h1-2,5,10-20H,3-4,6H2/t10-,11+,12-,13-,14+/m0/s1. The maximum Gasteiger partial charge on any atom is 0.186 e. The highest BCUT2D eigenvalue weighted by molar-refractivity contribution is 5.40. The van der Waals surface area contributed by atoms with Crippen molar-refractivity contribution in [2.24, 2.45) is 0 Å². The zero-order valence-corrected chi connectivity index (χ0v) is 11.7. The largest absolute Gasteiger partial charge is 0.504 e. The molecule has 0 aliphatic carbocycles. The minimum absolute atomic E-state index is 0.104. The van der Waals surface area contributed by atoms with Crippen LogP contribution in [0.3, 0.4) is 0 Å². The van der Waals surface area contributed by atoms with E-state index < -0.39 is 37.3 Å². The quantitative estimate of drug-likeness (QED) is 0.359. The molecule has 0 amide bonds. The molecule has 1 aliphatic heterocycles. The van der Waals surface area contributed by atoms with Gasteiger partial charge in [-0.2, -0.15) is 0 Å². The monoisotopic (exact) mass is 316 g/mol. The Labute approximate surface area is 126 Å². The lowest BCUT2D eigenvalue weighted by Crippen LogP contribution is -2.59. The Morgan fingerprint density at radius 2 is 1.73 bits per heavy atom. The molecular formula is C14H20O8. The van der Waals surface area contributed by atoms with Crippen LogP contribution in [0.5, 0.6) is 11.5 Å². The highest BCUT2D eigenvalue weighted by Gasteiger charge is 2.43. The number of rotatable bonds is 5. The Morgan fingerprint density at radius 3 is 2.36 bits per heavy atom. The van der Waals surface area contributed by atoms with Crippen molar-refractivity contribution in [2.45, 2.75) is 37.1 Å². The van der Waals surface area contributed by atoms with E-state index >= 15 is 0 Å². The van der Waals surface area contributed by atoms with Crippen LogP contribution in [0.15, 0.2) is 18.2 Å². The number of aliphatic hydroxyl groups excluding tert-OH is 4. The van der Waals surface area contributed by atoms with E-state index in [4.69, 9.17) is 14.6 Å². The molecule has 1 fully saturated rings. The molecule has 0 unspecified atom stereocenters. The van der Waals surface area contributed by atoms with E-state index in [1.807, 2.05) is 0 Å². The second kappa shape index (κ2) is 7.23. The van der Waals surface area contributed by atoms with Gasteiger partial charge in [0, 0.05) is 0 Å². The van der Waals surface area contributed by atoms with Crippen molar-refractivity contribution in [3.63, 3.8) is 0 Å². The van der Waals surface area contributed by atoms with Crippen molar-refractivity contribution in [1.82, 2.24) is 0 Å². The number of aromatic hydroxyl groups is 2. The molecule has 8 nitrogen and oxygen atoms in total. The molecule has 8 heteroatoms. The zero-order chi connectivity index (χ0) is 16.3. The van der Waals surface area contributed by atoms with Gasteiger partial charge in [-0.3, -0.25) is 0 Å². The van der Waals surface area contributed by atoms with Crippen LogP contribution >= 0.6 is 0 Å². The highest BCUT2D eigenvalue weighted by atomic mass is 16.7.